The Morgan fingerprint density at radius 3 is 2.08 bits per heavy atom. The summed E-state index contributed by atoms with van der Waals surface area (Å²) in [5, 5.41) is 7.57. The Morgan fingerprint density at radius 2 is 1.69 bits per heavy atom. The van der Waals surface area contributed by atoms with Gasteiger partial charge in [0.15, 0.2) is 0 Å². The molecule has 0 radical (unpaired) electrons. The maximum Gasteiger partial charge on any atom is 0.0402 e. The van der Waals surface area contributed by atoms with E-state index in [0.717, 1.165) is 0 Å². The zero-order chi connectivity index (χ0) is 9.73. The monoisotopic (exact) mass is 178 g/mol. The average Bonchev–Trinajstić information content (AvgIpc) is 2.88. The highest BCUT2D eigenvalue weighted by molar-refractivity contribution is 5.29. The normalized spacial score (nSPS) is 17.2. The molecule has 1 aromatic carbocycles. The molecule has 0 aromatic heterocycles. The van der Waals surface area contributed by atoms with Gasteiger partial charge in [0.2, 0.25) is 0 Å². The Hall–Kier alpha value is -0.820. The summed E-state index contributed by atoms with van der Waals surface area (Å²) >= 11 is 0. The number of aliphatic hydroxyl groups is 1. The minimum atomic E-state index is 0.250. The standard InChI is InChI=1S/C10H12.C2H6O/c1-10(7-8-10)9-5-3-2-4-6-9;1-2-3/h2-6H,7-8H2,1H3;3H,2H2,1H3. The van der Waals surface area contributed by atoms with Gasteiger partial charge in [0.05, 0.1) is 0 Å². The molecule has 72 valence electrons. The minimum absolute atomic E-state index is 0.250. The second-order valence-corrected chi connectivity index (χ2v) is 3.74. The summed E-state index contributed by atoms with van der Waals surface area (Å²) in [7, 11) is 0. The summed E-state index contributed by atoms with van der Waals surface area (Å²) in [6.45, 7) is 4.27. The number of benzene rings is 1. The van der Waals surface area contributed by atoms with Crippen molar-refractivity contribution in [2.24, 2.45) is 0 Å². The van der Waals surface area contributed by atoms with Crippen LogP contribution >= 0.6 is 0 Å². The largest absolute Gasteiger partial charge is 0.397 e. The Kier molecular flexibility index (Phi) is 3.49. The van der Waals surface area contributed by atoms with Gasteiger partial charge in [-0.05, 0) is 30.7 Å². The van der Waals surface area contributed by atoms with E-state index in [2.05, 4.69) is 37.3 Å². The summed E-state index contributed by atoms with van der Waals surface area (Å²) in [6, 6.07) is 10.8. The molecule has 1 aliphatic rings. The first-order chi connectivity index (χ1) is 6.23. The molecule has 13 heavy (non-hydrogen) atoms. The van der Waals surface area contributed by atoms with E-state index in [1.807, 2.05) is 0 Å². The molecular weight excluding hydrogens is 160 g/mol. The lowest BCUT2D eigenvalue weighted by atomic mass is 9.99. The van der Waals surface area contributed by atoms with E-state index in [4.69, 9.17) is 5.11 Å². The Labute approximate surface area is 80.4 Å². The topological polar surface area (TPSA) is 20.2 Å². The van der Waals surface area contributed by atoms with Crippen molar-refractivity contribution in [1.82, 2.24) is 0 Å². The molecule has 1 N–H and O–H groups in total. The van der Waals surface area contributed by atoms with Crippen LogP contribution < -0.4 is 0 Å². The van der Waals surface area contributed by atoms with Gasteiger partial charge in [-0.25, -0.2) is 0 Å². The summed E-state index contributed by atoms with van der Waals surface area (Å²) in [6.07, 6.45) is 2.74. The van der Waals surface area contributed by atoms with Gasteiger partial charge in [-0.2, -0.15) is 0 Å². The summed E-state index contributed by atoms with van der Waals surface area (Å²) in [5.74, 6) is 0. The van der Waals surface area contributed by atoms with Crippen LogP contribution in [0.2, 0.25) is 0 Å². The van der Waals surface area contributed by atoms with Gasteiger partial charge in [0.1, 0.15) is 0 Å². The van der Waals surface area contributed by atoms with Crippen molar-refractivity contribution in [3.8, 4) is 0 Å². The zero-order valence-corrected chi connectivity index (χ0v) is 8.46. The van der Waals surface area contributed by atoms with Crippen molar-refractivity contribution in [3.63, 3.8) is 0 Å². The molecule has 0 atom stereocenters. The van der Waals surface area contributed by atoms with Crippen molar-refractivity contribution in [2.45, 2.75) is 32.1 Å². The SMILES string of the molecule is CC1(c2ccccc2)CC1.CCO. The van der Waals surface area contributed by atoms with Gasteiger partial charge in [-0.3, -0.25) is 0 Å². The Bertz CT molecular complexity index is 237. The molecular formula is C12H18O. The van der Waals surface area contributed by atoms with Gasteiger partial charge in [0, 0.05) is 6.61 Å². The van der Waals surface area contributed by atoms with Gasteiger partial charge in [-0.15, -0.1) is 0 Å². The van der Waals surface area contributed by atoms with E-state index in [-0.39, 0.29) is 6.61 Å². The molecule has 0 bridgehead atoms. The fourth-order valence-electron chi connectivity index (χ4n) is 1.32. The van der Waals surface area contributed by atoms with Crippen LogP contribution in [0.4, 0.5) is 0 Å². The molecule has 0 amide bonds. The van der Waals surface area contributed by atoms with E-state index in [9.17, 15) is 0 Å². The maximum absolute atomic E-state index is 7.57. The lowest BCUT2D eigenvalue weighted by molar-refractivity contribution is 0.318. The van der Waals surface area contributed by atoms with Crippen molar-refractivity contribution < 1.29 is 5.11 Å². The van der Waals surface area contributed by atoms with Crippen LogP contribution in [0.15, 0.2) is 30.3 Å². The average molecular weight is 178 g/mol. The first-order valence-electron chi connectivity index (χ1n) is 4.89. The summed E-state index contributed by atoms with van der Waals surface area (Å²) in [4.78, 5) is 0. The molecule has 1 aliphatic carbocycles. The summed E-state index contributed by atoms with van der Waals surface area (Å²) in [5.41, 5.74) is 2.05. The Morgan fingerprint density at radius 1 is 1.23 bits per heavy atom. The zero-order valence-electron chi connectivity index (χ0n) is 8.46. The highest BCUT2D eigenvalue weighted by Gasteiger charge is 2.38. The number of rotatable bonds is 1. The fraction of sp³-hybridized carbons (Fsp3) is 0.500. The molecule has 1 aromatic rings. The third kappa shape index (κ3) is 2.85. The molecule has 1 fully saturated rings. The van der Waals surface area contributed by atoms with Crippen molar-refractivity contribution in [2.75, 3.05) is 6.61 Å². The number of aliphatic hydroxyl groups excluding tert-OH is 1. The second-order valence-electron chi connectivity index (χ2n) is 3.74. The molecule has 1 nitrogen and oxygen atoms in total. The van der Waals surface area contributed by atoms with Crippen LogP contribution in [-0.2, 0) is 5.41 Å². The molecule has 2 rings (SSSR count). The lowest BCUT2D eigenvalue weighted by Crippen LogP contribution is -1.97. The van der Waals surface area contributed by atoms with Crippen molar-refractivity contribution in [1.29, 1.82) is 0 Å². The van der Waals surface area contributed by atoms with Crippen LogP contribution in [0.3, 0.4) is 0 Å². The van der Waals surface area contributed by atoms with Crippen molar-refractivity contribution in [3.05, 3.63) is 35.9 Å². The van der Waals surface area contributed by atoms with Gasteiger partial charge in [0.25, 0.3) is 0 Å². The van der Waals surface area contributed by atoms with Gasteiger partial charge >= 0.3 is 0 Å². The van der Waals surface area contributed by atoms with E-state index in [1.165, 1.54) is 18.4 Å². The molecule has 1 heteroatoms. The molecule has 0 aliphatic heterocycles. The predicted molar refractivity (Wildman–Crippen MR) is 55.8 cm³/mol. The third-order valence-corrected chi connectivity index (χ3v) is 2.47. The molecule has 0 unspecified atom stereocenters. The number of hydrogen-bond donors (Lipinski definition) is 1. The van der Waals surface area contributed by atoms with E-state index >= 15 is 0 Å². The van der Waals surface area contributed by atoms with Gasteiger partial charge in [-0.1, -0.05) is 37.3 Å². The highest BCUT2D eigenvalue weighted by atomic mass is 16.2. The van der Waals surface area contributed by atoms with Crippen LogP contribution in [-0.4, -0.2) is 11.7 Å². The van der Waals surface area contributed by atoms with Crippen LogP contribution in [0.25, 0.3) is 0 Å². The van der Waals surface area contributed by atoms with E-state index < -0.39 is 0 Å². The van der Waals surface area contributed by atoms with Crippen LogP contribution in [0.1, 0.15) is 32.3 Å². The molecule has 0 heterocycles. The fourth-order valence-corrected chi connectivity index (χ4v) is 1.32. The van der Waals surface area contributed by atoms with Crippen LogP contribution in [0.5, 0.6) is 0 Å². The quantitative estimate of drug-likeness (QED) is 0.701. The first-order valence-corrected chi connectivity index (χ1v) is 4.89. The molecule has 0 spiro atoms. The minimum Gasteiger partial charge on any atom is -0.397 e. The Balaban J connectivity index is 0.000000251. The number of hydrogen-bond acceptors (Lipinski definition) is 1. The molecule has 1 saturated carbocycles. The second kappa shape index (κ2) is 4.43. The van der Waals surface area contributed by atoms with Crippen molar-refractivity contribution >= 4 is 0 Å². The third-order valence-electron chi connectivity index (χ3n) is 2.47. The smallest absolute Gasteiger partial charge is 0.0402 e. The lowest BCUT2D eigenvalue weighted by Gasteiger charge is -2.06. The van der Waals surface area contributed by atoms with Gasteiger partial charge < -0.3 is 5.11 Å². The summed E-state index contributed by atoms with van der Waals surface area (Å²) < 4.78 is 0. The maximum atomic E-state index is 7.57. The molecule has 0 saturated heterocycles. The predicted octanol–water partition coefficient (Wildman–Crippen LogP) is 2.74. The van der Waals surface area contributed by atoms with E-state index in [0.29, 0.717) is 5.41 Å². The van der Waals surface area contributed by atoms with E-state index in [1.54, 1.807) is 6.92 Å². The highest BCUT2D eigenvalue weighted by Crippen LogP contribution is 2.47. The first kappa shape index (κ1) is 10.3. The van der Waals surface area contributed by atoms with Crippen LogP contribution in [0, 0.1) is 0 Å².